The number of hydrogen-bond donors (Lipinski definition) is 1. The van der Waals surface area contributed by atoms with Crippen LogP contribution in [0.2, 0.25) is 0 Å². The standard InChI is InChI=1S/C16H22F3N3O/c1-21(2)13-5-10-8-22(9-11(10)6-14(13)23)15-7-12(3-4-20-15)16(17,18)19/h3-4,7,10-11,13-14,23H,5-6,8-9H2,1-2H3/t10-,11+,13-,14-/m1/s1. The SMILES string of the molecule is CN(C)[C@@H]1C[C@@H]2CN(c3cc(C(F)(F)F)ccn3)C[C@@H]2C[C@H]1O. The van der Waals surface area contributed by atoms with Crippen molar-refractivity contribution in [2.75, 3.05) is 32.1 Å². The molecule has 1 N–H and O–H groups in total. The van der Waals surface area contributed by atoms with E-state index < -0.39 is 11.7 Å². The predicted molar refractivity (Wildman–Crippen MR) is 81.1 cm³/mol. The van der Waals surface area contributed by atoms with E-state index in [2.05, 4.69) is 4.98 Å². The van der Waals surface area contributed by atoms with E-state index in [1.807, 2.05) is 23.9 Å². The van der Waals surface area contributed by atoms with Gasteiger partial charge in [0.1, 0.15) is 5.82 Å². The molecule has 0 aromatic carbocycles. The van der Waals surface area contributed by atoms with E-state index in [4.69, 9.17) is 0 Å². The van der Waals surface area contributed by atoms with Gasteiger partial charge in [-0.2, -0.15) is 13.2 Å². The van der Waals surface area contributed by atoms with E-state index in [-0.39, 0.29) is 12.1 Å². The van der Waals surface area contributed by atoms with Crippen LogP contribution >= 0.6 is 0 Å². The number of aromatic nitrogens is 1. The molecule has 0 radical (unpaired) electrons. The topological polar surface area (TPSA) is 39.6 Å². The normalized spacial score (nSPS) is 31.5. The van der Waals surface area contributed by atoms with Crippen LogP contribution in [0.3, 0.4) is 0 Å². The second-order valence-corrected chi connectivity index (χ2v) is 6.90. The summed E-state index contributed by atoms with van der Waals surface area (Å²) in [6, 6.07) is 2.24. The highest BCUT2D eigenvalue weighted by Crippen LogP contribution is 2.40. The molecule has 128 valence electrons. The number of alkyl halides is 3. The molecule has 1 aliphatic heterocycles. The van der Waals surface area contributed by atoms with Gasteiger partial charge in [0.2, 0.25) is 0 Å². The molecular weight excluding hydrogens is 307 g/mol. The fraction of sp³-hybridized carbons (Fsp3) is 0.688. The molecule has 2 aliphatic rings. The lowest BCUT2D eigenvalue weighted by molar-refractivity contribution is -0.137. The Morgan fingerprint density at radius 1 is 1.22 bits per heavy atom. The van der Waals surface area contributed by atoms with Crippen molar-refractivity contribution < 1.29 is 18.3 Å². The Hall–Kier alpha value is -1.34. The molecule has 2 fully saturated rings. The summed E-state index contributed by atoms with van der Waals surface area (Å²) in [7, 11) is 3.91. The predicted octanol–water partition coefficient (Wildman–Crippen LogP) is 2.24. The zero-order valence-corrected chi connectivity index (χ0v) is 13.3. The first-order chi connectivity index (χ1) is 10.8. The van der Waals surface area contributed by atoms with E-state index in [1.165, 1.54) is 6.20 Å². The number of likely N-dealkylation sites (N-methyl/N-ethyl adjacent to an activating group) is 1. The van der Waals surface area contributed by atoms with Gasteiger partial charge in [0, 0.05) is 25.3 Å². The summed E-state index contributed by atoms with van der Waals surface area (Å²) in [5.74, 6) is 1.09. The van der Waals surface area contributed by atoms with E-state index >= 15 is 0 Å². The number of halogens is 3. The third-order valence-electron chi connectivity index (χ3n) is 5.17. The molecular formula is C16H22F3N3O. The van der Waals surface area contributed by atoms with Gasteiger partial charge in [0.25, 0.3) is 0 Å². The molecule has 1 aromatic rings. The molecule has 1 aromatic heterocycles. The van der Waals surface area contributed by atoms with Crippen molar-refractivity contribution in [2.45, 2.75) is 31.2 Å². The van der Waals surface area contributed by atoms with Crippen LogP contribution in [0.5, 0.6) is 0 Å². The van der Waals surface area contributed by atoms with Crippen LogP contribution in [0.4, 0.5) is 19.0 Å². The fourth-order valence-electron chi connectivity index (χ4n) is 3.92. The molecule has 4 nitrogen and oxygen atoms in total. The van der Waals surface area contributed by atoms with Crippen molar-refractivity contribution in [1.82, 2.24) is 9.88 Å². The lowest BCUT2D eigenvalue weighted by Gasteiger charge is -2.38. The summed E-state index contributed by atoms with van der Waals surface area (Å²) in [5, 5.41) is 10.3. The molecule has 0 bridgehead atoms. The van der Waals surface area contributed by atoms with Crippen LogP contribution < -0.4 is 4.90 Å². The van der Waals surface area contributed by atoms with Gasteiger partial charge in [-0.3, -0.25) is 0 Å². The van der Waals surface area contributed by atoms with Gasteiger partial charge in [-0.05, 0) is 50.9 Å². The van der Waals surface area contributed by atoms with E-state index in [0.29, 0.717) is 37.2 Å². The zero-order valence-electron chi connectivity index (χ0n) is 13.3. The molecule has 23 heavy (non-hydrogen) atoms. The van der Waals surface area contributed by atoms with Gasteiger partial charge in [0.05, 0.1) is 11.7 Å². The van der Waals surface area contributed by atoms with Gasteiger partial charge in [-0.1, -0.05) is 0 Å². The number of anilines is 1. The maximum atomic E-state index is 12.9. The molecule has 1 saturated carbocycles. The summed E-state index contributed by atoms with van der Waals surface area (Å²) in [6.07, 6.45) is -1.94. The van der Waals surface area contributed by atoms with Crippen LogP contribution in [-0.2, 0) is 6.18 Å². The van der Waals surface area contributed by atoms with Crippen LogP contribution in [0.25, 0.3) is 0 Å². The number of rotatable bonds is 2. The molecule has 3 rings (SSSR count). The molecule has 7 heteroatoms. The first-order valence-electron chi connectivity index (χ1n) is 7.88. The van der Waals surface area contributed by atoms with E-state index in [0.717, 1.165) is 18.6 Å². The lowest BCUT2D eigenvalue weighted by atomic mass is 9.77. The van der Waals surface area contributed by atoms with E-state index in [9.17, 15) is 18.3 Å². The van der Waals surface area contributed by atoms with Gasteiger partial charge in [-0.15, -0.1) is 0 Å². The summed E-state index contributed by atoms with van der Waals surface area (Å²) in [6.45, 7) is 1.37. The van der Waals surface area contributed by atoms with Crippen molar-refractivity contribution in [3.63, 3.8) is 0 Å². The monoisotopic (exact) mass is 329 g/mol. The van der Waals surface area contributed by atoms with Gasteiger partial charge < -0.3 is 14.9 Å². The van der Waals surface area contributed by atoms with Crippen LogP contribution in [-0.4, -0.2) is 54.3 Å². The average molecular weight is 329 g/mol. The Morgan fingerprint density at radius 2 is 1.87 bits per heavy atom. The van der Waals surface area contributed by atoms with Crippen molar-refractivity contribution in [2.24, 2.45) is 11.8 Å². The minimum atomic E-state index is -4.35. The number of hydrogen-bond acceptors (Lipinski definition) is 4. The number of pyridine rings is 1. The summed E-state index contributed by atoms with van der Waals surface area (Å²) >= 11 is 0. The van der Waals surface area contributed by atoms with Crippen molar-refractivity contribution in [3.05, 3.63) is 23.9 Å². The molecule has 0 amide bonds. The minimum Gasteiger partial charge on any atom is -0.391 e. The third kappa shape index (κ3) is 3.30. The fourth-order valence-corrected chi connectivity index (χ4v) is 3.92. The molecule has 1 saturated heterocycles. The molecule has 0 spiro atoms. The van der Waals surface area contributed by atoms with Crippen LogP contribution in [0.1, 0.15) is 18.4 Å². The Morgan fingerprint density at radius 3 is 2.48 bits per heavy atom. The van der Waals surface area contributed by atoms with E-state index in [1.54, 1.807) is 0 Å². The Balaban J connectivity index is 1.75. The highest BCUT2D eigenvalue weighted by molar-refractivity contribution is 5.43. The molecule has 4 atom stereocenters. The molecule has 1 aliphatic carbocycles. The summed E-state index contributed by atoms with van der Waals surface area (Å²) < 4.78 is 38.6. The molecule has 2 heterocycles. The Kier molecular flexibility index (Phi) is 4.27. The first-order valence-corrected chi connectivity index (χ1v) is 7.88. The van der Waals surface area contributed by atoms with Gasteiger partial charge in [-0.25, -0.2) is 4.98 Å². The quantitative estimate of drug-likeness (QED) is 0.903. The van der Waals surface area contributed by atoms with Crippen molar-refractivity contribution in [3.8, 4) is 0 Å². The molecule has 0 unspecified atom stereocenters. The van der Waals surface area contributed by atoms with Crippen LogP contribution in [0, 0.1) is 11.8 Å². The highest BCUT2D eigenvalue weighted by Gasteiger charge is 2.43. The second kappa shape index (κ2) is 5.94. The number of aliphatic hydroxyl groups is 1. The number of aliphatic hydroxyl groups excluding tert-OH is 1. The first kappa shape index (κ1) is 16.5. The second-order valence-electron chi connectivity index (χ2n) is 6.90. The highest BCUT2D eigenvalue weighted by atomic mass is 19.4. The minimum absolute atomic E-state index is 0.116. The number of fused-ring (bicyclic) bond motifs is 1. The summed E-state index contributed by atoms with van der Waals surface area (Å²) in [5.41, 5.74) is -0.663. The van der Waals surface area contributed by atoms with Crippen LogP contribution in [0.15, 0.2) is 18.3 Å². The zero-order chi connectivity index (χ0) is 16.8. The summed E-state index contributed by atoms with van der Waals surface area (Å²) in [4.78, 5) is 8.08. The van der Waals surface area contributed by atoms with Gasteiger partial charge >= 0.3 is 6.18 Å². The number of nitrogens with zero attached hydrogens (tertiary/aromatic N) is 3. The Labute approximate surface area is 133 Å². The maximum Gasteiger partial charge on any atom is 0.416 e. The smallest absolute Gasteiger partial charge is 0.391 e. The third-order valence-corrected chi connectivity index (χ3v) is 5.17. The lowest BCUT2D eigenvalue weighted by Crippen LogP contribution is -2.46. The largest absolute Gasteiger partial charge is 0.416 e. The maximum absolute atomic E-state index is 12.9. The van der Waals surface area contributed by atoms with Crippen molar-refractivity contribution in [1.29, 1.82) is 0 Å². The van der Waals surface area contributed by atoms with Crippen molar-refractivity contribution >= 4 is 5.82 Å². The average Bonchev–Trinajstić information content (AvgIpc) is 2.88. The Bertz CT molecular complexity index is 564. The van der Waals surface area contributed by atoms with Gasteiger partial charge in [0.15, 0.2) is 0 Å².